The third-order valence-corrected chi connectivity index (χ3v) is 4.03. The quantitative estimate of drug-likeness (QED) is 0.537. The Morgan fingerprint density at radius 3 is 2.65 bits per heavy atom. The summed E-state index contributed by atoms with van der Waals surface area (Å²) in [5.41, 5.74) is 1.79. The molecule has 0 N–H and O–H groups in total. The molecule has 0 saturated carbocycles. The summed E-state index contributed by atoms with van der Waals surface area (Å²) in [6.07, 6.45) is 5.05. The second kappa shape index (κ2) is 4.21. The number of fused-ring (bicyclic) bond motifs is 3. The molecule has 96 valence electrons. The predicted molar refractivity (Wildman–Crippen MR) is 78.3 cm³/mol. The lowest BCUT2D eigenvalue weighted by molar-refractivity contribution is 0.942. The predicted octanol–water partition coefficient (Wildman–Crippen LogP) is 2.39. The molecule has 0 spiro atoms. The van der Waals surface area contributed by atoms with Gasteiger partial charge in [-0.3, -0.25) is 4.57 Å². The van der Waals surface area contributed by atoms with Crippen molar-refractivity contribution in [3.63, 3.8) is 0 Å². The van der Waals surface area contributed by atoms with Gasteiger partial charge in [-0.05, 0) is 12.1 Å². The molecule has 1 aromatic carbocycles. The molecule has 0 saturated heterocycles. The highest BCUT2D eigenvalue weighted by Crippen LogP contribution is 2.28. The lowest BCUT2D eigenvalue weighted by atomic mass is 10.3. The van der Waals surface area contributed by atoms with E-state index in [1.165, 1.54) is 15.9 Å². The lowest BCUT2D eigenvalue weighted by Gasteiger charge is -2.03. The molecule has 0 radical (unpaired) electrons. The molecule has 20 heavy (non-hydrogen) atoms. The highest BCUT2D eigenvalue weighted by Gasteiger charge is 2.11. The first kappa shape index (κ1) is 11.2. The average molecular weight is 280 g/mol. The van der Waals surface area contributed by atoms with Gasteiger partial charge in [0.1, 0.15) is 15.9 Å². The number of hydrogen-bond acceptors (Lipinski definition) is 5. The van der Waals surface area contributed by atoms with Crippen LogP contribution in [0.4, 0.5) is 0 Å². The zero-order valence-corrected chi connectivity index (χ0v) is 11.0. The Morgan fingerprint density at radius 2 is 1.80 bits per heavy atom. The minimum Gasteiger partial charge on any atom is -0.266 e. The van der Waals surface area contributed by atoms with E-state index in [2.05, 4.69) is 15.0 Å². The van der Waals surface area contributed by atoms with Crippen molar-refractivity contribution < 1.29 is 0 Å². The molecule has 0 fully saturated rings. The van der Waals surface area contributed by atoms with Crippen molar-refractivity contribution in [3.8, 4) is 5.69 Å². The highest BCUT2D eigenvalue weighted by molar-refractivity contribution is 7.25. The van der Waals surface area contributed by atoms with Crippen LogP contribution in [0.15, 0.2) is 53.7 Å². The Kier molecular flexibility index (Phi) is 2.37. The van der Waals surface area contributed by atoms with Crippen LogP contribution in [0, 0.1) is 0 Å². The van der Waals surface area contributed by atoms with Crippen LogP contribution in [-0.4, -0.2) is 19.5 Å². The van der Waals surface area contributed by atoms with Crippen LogP contribution >= 0.6 is 11.3 Å². The number of para-hydroxylation sites is 1. The van der Waals surface area contributed by atoms with Crippen LogP contribution in [0.25, 0.3) is 26.3 Å². The van der Waals surface area contributed by atoms with E-state index in [0.29, 0.717) is 11.0 Å². The Morgan fingerprint density at radius 1 is 1.00 bits per heavy atom. The lowest BCUT2D eigenvalue weighted by Crippen LogP contribution is -2.20. The largest absolute Gasteiger partial charge is 0.352 e. The number of nitrogens with zero attached hydrogens (tertiary/aromatic N) is 4. The summed E-state index contributed by atoms with van der Waals surface area (Å²) in [5, 5.41) is 0. The number of benzene rings is 1. The molecule has 0 amide bonds. The van der Waals surface area contributed by atoms with Crippen molar-refractivity contribution in [1.82, 2.24) is 19.5 Å². The van der Waals surface area contributed by atoms with E-state index in [1.54, 1.807) is 18.6 Å². The first-order chi connectivity index (χ1) is 9.83. The molecule has 0 bridgehead atoms. The second-order valence-corrected chi connectivity index (χ2v) is 5.28. The molecule has 0 aliphatic carbocycles. The Bertz CT molecular complexity index is 975. The summed E-state index contributed by atoms with van der Waals surface area (Å²) in [4.78, 5) is 25.6. The van der Waals surface area contributed by atoms with Gasteiger partial charge in [-0.2, -0.15) is 4.98 Å². The smallest absolute Gasteiger partial charge is 0.266 e. The van der Waals surface area contributed by atoms with Crippen molar-refractivity contribution in [2.45, 2.75) is 0 Å². The van der Waals surface area contributed by atoms with Crippen LogP contribution in [0.2, 0.25) is 0 Å². The third kappa shape index (κ3) is 1.62. The number of thiophene rings is 1. The maximum atomic E-state index is 12.2. The Hall–Kier alpha value is -2.60. The molecule has 0 aliphatic rings. The molecule has 4 rings (SSSR count). The van der Waals surface area contributed by atoms with E-state index in [-0.39, 0.29) is 5.69 Å². The topological polar surface area (TPSA) is 60.7 Å². The maximum Gasteiger partial charge on any atom is 0.352 e. The molecule has 0 unspecified atom stereocenters. The first-order valence-electron chi connectivity index (χ1n) is 6.01. The van der Waals surface area contributed by atoms with Gasteiger partial charge in [0.05, 0.1) is 10.4 Å². The van der Waals surface area contributed by atoms with Crippen molar-refractivity contribution >= 4 is 31.9 Å². The van der Waals surface area contributed by atoms with Crippen LogP contribution in [-0.2, 0) is 0 Å². The highest BCUT2D eigenvalue weighted by atomic mass is 32.1. The molecule has 3 aromatic heterocycles. The standard InChI is InChI=1S/C14H8N4OS/c19-14-17-11-10(20-13-12(11)15-6-7-16-13)8-18(14)9-4-2-1-3-5-9/h1-8H. The monoisotopic (exact) mass is 280 g/mol. The van der Waals surface area contributed by atoms with Gasteiger partial charge in [0.25, 0.3) is 0 Å². The van der Waals surface area contributed by atoms with Crippen LogP contribution in [0.5, 0.6) is 0 Å². The van der Waals surface area contributed by atoms with E-state index < -0.39 is 0 Å². The molecular formula is C14H8N4OS. The zero-order valence-electron chi connectivity index (χ0n) is 10.2. The first-order valence-corrected chi connectivity index (χ1v) is 6.83. The van der Waals surface area contributed by atoms with Crippen LogP contribution in [0.3, 0.4) is 0 Å². The van der Waals surface area contributed by atoms with E-state index in [0.717, 1.165) is 15.2 Å². The zero-order chi connectivity index (χ0) is 13.5. The summed E-state index contributed by atoms with van der Waals surface area (Å²) in [7, 11) is 0. The second-order valence-electron chi connectivity index (χ2n) is 4.25. The minimum atomic E-state index is -0.311. The van der Waals surface area contributed by atoms with Gasteiger partial charge >= 0.3 is 5.69 Å². The van der Waals surface area contributed by atoms with Gasteiger partial charge in [-0.15, -0.1) is 11.3 Å². The number of aromatic nitrogens is 4. The molecule has 4 aromatic rings. The molecule has 6 heteroatoms. The molecule has 5 nitrogen and oxygen atoms in total. The number of hydrogen-bond donors (Lipinski definition) is 0. The third-order valence-electron chi connectivity index (χ3n) is 3.02. The molecule has 0 aliphatic heterocycles. The van der Waals surface area contributed by atoms with E-state index in [9.17, 15) is 4.79 Å². The van der Waals surface area contributed by atoms with Gasteiger partial charge in [-0.1, -0.05) is 18.2 Å². The molecular weight excluding hydrogens is 272 g/mol. The summed E-state index contributed by atoms with van der Waals surface area (Å²) in [6.45, 7) is 0. The summed E-state index contributed by atoms with van der Waals surface area (Å²) in [5.74, 6) is 0. The van der Waals surface area contributed by atoms with E-state index >= 15 is 0 Å². The van der Waals surface area contributed by atoms with Crippen molar-refractivity contribution in [3.05, 3.63) is 59.4 Å². The van der Waals surface area contributed by atoms with Crippen molar-refractivity contribution in [1.29, 1.82) is 0 Å². The summed E-state index contributed by atoms with van der Waals surface area (Å²) in [6, 6.07) is 9.44. The average Bonchev–Trinajstić information content (AvgIpc) is 2.85. The fourth-order valence-corrected chi connectivity index (χ4v) is 3.09. The molecule has 0 atom stereocenters. The fraction of sp³-hybridized carbons (Fsp3) is 0. The van der Waals surface area contributed by atoms with E-state index in [1.807, 2.05) is 30.3 Å². The van der Waals surface area contributed by atoms with Crippen LogP contribution in [0.1, 0.15) is 0 Å². The van der Waals surface area contributed by atoms with Gasteiger partial charge in [-0.25, -0.2) is 14.8 Å². The minimum absolute atomic E-state index is 0.311. The maximum absolute atomic E-state index is 12.2. The Balaban J connectivity index is 2.08. The van der Waals surface area contributed by atoms with Crippen LogP contribution < -0.4 is 5.69 Å². The van der Waals surface area contributed by atoms with E-state index in [4.69, 9.17) is 0 Å². The Labute approximate surface area is 117 Å². The van der Waals surface area contributed by atoms with Crippen molar-refractivity contribution in [2.24, 2.45) is 0 Å². The van der Waals surface area contributed by atoms with Gasteiger partial charge in [0, 0.05) is 18.6 Å². The summed E-state index contributed by atoms with van der Waals surface area (Å²) >= 11 is 1.48. The summed E-state index contributed by atoms with van der Waals surface area (Å²) < 4.78 is 2.44. The fourth-order valence-electron chi connectivity index (χ4n) is 2.12. The van der Waals surface area contributed by atoms with Gasteiger partial charge in [0.15, 0.2) is 0 Å². The van der Waals surface area contributed by atoms with Gasteiger partial charge < -0.3 is 0 Å². The molecule has 3 heterocycles. The SMILES string of the molecule is O=c1nc2c(cn1-c1ccccc1)sc1nccnc12. The normalized spacial score (nSPS) is 11.2. The number of rotatable bonds is 1. The van der Waals surface area contributed by atoms with Gasteiger partial charge in [0.2, 0.25) is 0 Å². The van der Waals surface area contributed by atoms with Crippen molar-refractivity contribution in [2.75, 3.05) is 0 Å².